The largest absolute Gasteiger partial charge is 0.481 e. The van der Waals surface area contributed by atoms with Gasteiger partial charge in [0.05, 0.1) is 12.0 Å². The Morgan fingerprint density at radius 2 is 1.94 bits per heavy atom. The van der Waals surface area contributed by atoms with Gasteiger partial charge in [-0.1, -0.05) is 30.3 Å². The first kappa shape index (κ1) is 22.6. The van der Waals surface area contributed by atoms with E-state index in [4.69, 9.17) is 5.11 Å². The number of aliphatic carboxylic acids is 1. The van der Waals surface area contributed by atoms with Gasteiger partial charge in [-0.3, -0.25) is 14.4 Å². The molecule has 3 N–H and O–H groups in total. The summed E-state index contributed by atoms with van der Waals surface area (Å²) in [5, 5.41) is 14.7. The van der Waals surface area contributed by atoms with Crippen molar-refractivity contribution in [3.63, 3.8) is 0 Å². The summed E-state index contributed by atoms with van der Waals surface area (Å²) in [6.07, 6.45) is 2.41. The van der Waals surface area contributed by atoms with Crippen molar-refractivity contribution in [2.45, 2.75) is 50.5 Å². The maximum Gasteiger partial charge on any atom is 0.303 e. The number of carboxylic acid groups (broad SMARTS) is 1. The van der Waals surface area contributed by atoms with Gasteiger partial charge in [0.25, 0.3) is 0 Å². The molecule has 0 saturated heterocycles. The van der Waals surface area contributed by atoms with E-state index in [1.165, 1.54) is 18.2 Å². The van der Waals surface area contributed by atoms with Crippen LogP contribution in [0.25, 0.3) is 0 Å². The molecule has 6 nitrogen and oxygen atoms in total. The molecule has 0 aliphatic carbocycles. The Morgan fingerprint density at radius 1 is 1.16 bits per heavy atom. The minimum Gasteiger partial charge on any atom is -0.481 e. The van der Waals surface area contributed by atoms with Crippen LogP contribution in [-0.2, 0) is 20.8 Å². The molecule has 1 amide bonds. The molecule has 0 spiro atoms. The highest BCUT2D eigenvalue weighted by molar-refractivity contribution is 6.03. The van der Waals surface area contributed by atoms with Crippen LogP contribution in [0, 0.1) is 5.82 Å². The molecule has 3 rings (SSSR count). The number of benzene rings is 2. The maximum atomic E-state index is 13.9. The molecular formula is C24H27FN2O4. The van der Waals surface area contributed by atoms with Gasteiger partial charge in [0, 0.05) is 18.5 Å². The van der Waals surface area contributed by atoms with Crippen molar-refractivity contribution < 1.29 is 23.9 Å². The number of hydrogen-bond acceptors (Lipinski definition) is 4. The van der Waals surface area contributed by atoms with Gasteiger partial charge in [-0.15, -0.1) is 0 Å². The number of halogens is 1. The monoisotopic (exact) mass is 426 g/mol. The summed E-state index contributed by atoms with van der Waals surface area (Å²) in [6.45, 7) is 0.493. The number of anilines is 1. The van der Waals surface area contributed by atoms with Crippen molar-refractivity contribution in [1.82, 2.24) is 5.32 Å². The number of nitrogens with one attached hydrogen (secondary N) is 2. The minimum absolute atomic E-state index is 0.0161. The van der Waals surface area contributed by atoms with Crippen LogP contribution in [-0.4, -0.2) is 35.4 Å². The zero-order chi connectivity index (χ0) is 22.2. The quantitative estimate of drug-likeness (QED) is 0.477. The molecule has 2 unspecified atom stereocenters. The van der Waals surface area contributed by atoms with Gasteiger partial charge in [-0.25, -0.2) is 4.39 Å². The lowest BCUT2D eigenvalue weighted by molar-refractivity contribution is -0.137. The lowest BCUT2D eigenvalue weighted by Crippen LogP contribution is -2.42. The summed E-state index contributed by atoms with van der Waals surface area (Å²) in [7, 11) is 0. The van der Waals surface area contributed by atoms with Gasteiger partial charge in [0.2, 0.25) is 5.91 Å². The number of fused-ring (bicyclic) bond motifs is 1. The van der Waals surface area contributed by atoms with Crippen molar-refractivity contribution >= 4 is 23.3 Å². The lowest BCUT2D eigenvalue weighted by atomic mass is 9.83. The molecule has 2 atom stereocenters. The average molecular weight is 426 g/mol. The molecule has 1 heterocycles. The molecule has 1 aliphatic rings. The van der Waals surface area contributed by atoms with Crippen LogP contribution in [0.1, 0.15) is 49.1 Å². The average Bonchev–Trinajstić information content (AvgIpc) is 2.75. The van der Waals surface area contributed by atoms with Crippen molar-refractivity contribution in [3.05, 3.63) is 65.5 Å². The third-order valence-electron chi connectivity index (χ3n) is 5.51. The summed E-state index contributed by atoms with van der Waals surface area (Å²) in [5.74, 6) is -2.41. The molecule has 0 aromatic heterocycles. The number of ketones is 1. The number of aryl methyl sites for hydroxylation is 1. The first-order valence-corrected chi connectivity index (χ1v) is 10.6. The standard InChI is InChI=1S/C24H27FN2O4/c25-17-10-12-20-18(14-17)19(15-22(28)27-20)24(31)21(26-13-5-4-8-23(29)30)11-9-16-6-2-1-3-7-16/h1-3,6-7,10,12,14,19,21,26H,4-5,8-9,11,13,15H2,(H,27,28)(H,29,30). The highest BCUT2D eigenvalue weighted by Crippen LogP contribution is 2.34. The molecule has 7 heteroatoms. The first-order valence-electron chi connectivity index (χ1n) is 10.6. The second-order valence-corrected chi connectivity index (χ2v) is 7.82. The van der Waals surface area contributed by atoms with Crippen LogP contribution in [0.4, 0.5) is 10.1 Å². The Bertz CT molecular complexity index is 932. The lowest BCUT2D eigenvalue weighted by Gasteiger charge is -2.28. The fraction of sp³-hybridized carbons (Fsp3) is 0.375. The maximum absolute atomic E-state index is 13.9. The summed E-state index contributed by atoms with van der Waals surface area (Å²) < 4.78 is 13.9. The molecule has 0 bridgehead atoms. The molecule has 0 radical (unpaired) electrons. The predicted molar refractivity (Wildman–Crippen MR) is 115 cm³/mol. The topological polar surface area (TPSA) is 95.5 Å². The van der Waals surface area contributed by atoms with Gasteiger partial charge in [-0.05, 0) is 61.6 Å². The molecule has 1 aliphatic heterocycles. The second-order valence-electron chi connectivity index (χ2n) is 7.82. The van der Waals surface area contributed by atoms with E-state index in [2.05, 4.69) is 10.6 Å². The SMILES string of the molecule is O=C(O)CCCCNC(CCc1ccccc1)C(=O)C1CC(=O)Nc2ccc(F)cc21. The fourth-order valence-corrected chi connectivity index (χ4v) is 3.91. The Labute approximate surface area is 180 Å². The molecule has 0 fully saturated rings. The van der Waals surface area contributed by atoms with Gasteiger partial charge in [0.1, 0.15) is 5.82 Å². The number of carbonyl (C=O) groups is 3. The smallest absolute Gasteiger partial charge is 0.303 e. The van der Waals surface area contributed by atoms with Gasteiger partial charge < -0.3 is 15.7 Å². The van der Waals surface area contributed by atoms with E-state index < -0.39 is 23.7 Å². The van der Waals surface area contributed by atoms with Crippen LogP contribution < -0.4 is 10.6 Å². The molecule has 164 valence electrons. The van der Waals surface area contributed by atoms with E-state index in [1.54, 1.807) is 0 Å². The third kappa shape index (κ3) is 6.46. The Morgan fingerprint density at radius 3 is 2.68 bits per heavy atom. The number of rotatable bonds is 11. The molecule has 2 aromatic carbocycles. The van der Waals surface area contributed by atoms with E-state index in [0.29, 0.717) is 43.5 Å². The summed E-state index contributed by atoms with van der Waals surface area (Å²) >= 11 is 0. The Balaban J connectivity index is 1.73. The molecule has 31 heavy (non-hydrogen) atoms. The van der Waals surface area contributed by atoms with E-state index in [-0.39, 0.29) is 24.5 Å². The van der Waals surface area contributed by atoms with Crippen molar-refractivity contribution in [2.24, 2.45) is 0 Å². The summed E-state index contributed by atoms with van der Waals surface area (Å²) in [5.41, 5.74) is 2.07. The van der Waals surface area contributed by atoms with E-state index in [9.17, 15) is 18.8 Å². The van der Waals surface area contributed by atoms with Crippen molar-refractivity contribution in [1.29, 1.82) is 0 Å². The van der Waals surface area contributed by atoms with Crippen LogP contribution in [0.2, 0.25) is 0 Å². The van der Waals surface area contributed by atoms with Crippen LogP contribution in [0.5, 0.6) is 0 Å². The van der Waals surface area contributed by atoms with E-state index in [1.807, 2.05) is 30.3 Å². The van der Waals surface area contributed by atoms with Crippen LogP contribution >= 0.6 is 0 Å². The van der Waals surface area contributed by atoms with E-state index in [0.717, 1.165) is 5.56 Å². The summed E-state index contributed by atoms with van der Waals surface area (Å²) in [6, 6.07) is 13.3. The number of amides is 1. The number of Topliss-reactive ketones (excluding diaryl/α,β-unsaturated/α-hetero) is 1. The molecular weight excluding hydrogens is 399 g/mol. The number of hydrogen-bond donors (Lipinski definition) is 3. The first-order chi connectivity index (χ1) is 14.9. The normalized spacial score (nSPS) is 16.3. The molecule has 2 aromatic rings. The highest BCUT2D eigenvalue weighted by Gasteiger charge is 2.34. The van der Waals surface area contributed by atoms with Gasteiger partial charge >= 0.3 is 5.97 Å². The van der Waals surface area contributed by atoms with Crippen molar-refractivity contribution in [3.8, 4) is 0 Å². The number of carbonyl (C=O) groups excluding carboxylic acids is 2. The highest BCUT2D eigenvalue weighted by atomic mass is 19.1. The fourth-order valence-electron chi connectivity index (χ4n) is 3.91. The minimum atomic E-state index is -0.844. The predicted octanol–water partition coefficient (Wildman–Crippen LogP) is 3.67. The van der Waals surface area contributed by atoms with Crippen LogP contribution in [0.3, 0.4) is 0 Å². The van der Waals surface area contributed by atoms with Gasteiger partial charge in [0.15, 0.2) is 5.78 Å². The second kappa shape index (κ2) is 10.8. The summed E-state index contributed by atoms with van der Waals surface area (Å²) in [4.78, 5) is 36.3. The van der Waals surface area contributed by atoms with Crippen LogP contribution in [0.15, 0.2) is 48.5 Å². The third-order valence-corrected chi connectivity index (χ3v) is 5.51. The number of unbranched alkanes of at least 4 members (excludes halogenated alkanes) is 1. The van der Waals surface area contributed by atoms with Crippen molar-refractivity contribution in [2.75, 3.05) is 11.9 Å². The Kier molecular flexibility index (Phi) is 7.89. The number of carboxylic acids is 1. The zero-order valence-corrected chi connectivity index (χ0v) is 17.3. The zero-order valence-electron chi connectivity index (χ0n) is 17.3. The molecule has 0 saturated carbocycles. The van der Waals surface area contributed by atoms with Gasteiger partial charge in [-0.2, -0.15) is 0 Å². The van der Waals surface area contributed by atoms with E-state index >= 15 is 0 Å². The Hall–Kier alpha value is -3.06.